The monoisotopic (exact) mass is 760 g/mol. The lowest BCUT2D eigenvalue weighted by molar-refractivity contribution is 0.201. The molecule has 0 heterocycles. The van der Waals surface area contributed by atoms with Crippen molar-refractivity contribution in [1.82, 2.24) is 0 Å². The molecule has 0 saturated heterocycles. The molecule has 292 valence electrons. The van der Waals surface area contributed by atoms with Crippen LogP contribution in [0.2, 0.25) is 0 Å². The molecule has 0 N–H and O–H groups in total. The number of hydrogen-bond donors (Lipinski definition) is 0. The smallest absolute Gasteiger partial charge is 0.167 e. The summed E-state index contributed by atoms with van der Waals surface area (Å²) in [5, 5.41) is 0. The SMILES string of the molecule is COCCc1ccc(-c2ccc(C3CCC(C)CC3)c(F)c2F)c(F)c1F.COCCc1ccc(-c2ccc(C3CCC(C)CC3)c(F)c2F)c(F)c1F. The molecule has 0 atom stereocenters. The second kappa shape index (κ2) is 18.7. The van der Waals surface area contributed by atoms with Gasteiger partial charge in [0.2, 0.25) is 0 Å². The van der Waals surface area contributed by atoms with Crippen molar-refractivity contribution in [3.05, 3.63) is 117 Å². The fraction of sp³-hybridized carbons (Fsp3) is 0.455. The maximum atomic E-state index is 14.7. The highest BCUT2D eigenvalue weighted by Gasteiger charge is 2.28. The summed E-state index contributed by atoms with van der Waals surface area (Å²) >= 11 is 0. The number of methoxy groups -OCH3 is 2. The third-order valence-corrected chi connectivity index (χ3v) is 11.2. The van der Waals surface area contributed by atoms with E-state index in [1.807, 2.05) is 0 Å². The van der Waals surface area contributed by atoms with Gasteiger partial charge in [-0.15, -0.1) is 0 Å². The second-order valence-electron chi connectivity index (χ2n) is 14.9. The number of ether oxygens (including phenoxy) is 2. The van der Waals surface area contributed by atoms with Gasteiger partial charge < -0.3 is 9.47 Å². The molecule has 0 bridgehead atoms. The van der Waals surface area contributed by atoms with Gasteiger partial charge in [0, 0.05) is 36.5 Å². The average Bonchev–Trinajstić information content (AvgIpc) is 3.17. The van der Waals surface area contributed by atoms with E-state index in [9.17, 15) is 35.1 Å². The first kappa shape index (κ1) is 41.4. The predicted octanol–water partition coefficient (Wildman–Crippen LogP) is 12.8. The van der Waals surface area contributed by atoms with Gasteiger partial charge in [-0.2, -0.15) is 0 Å². The molecule has 0 amide bonds. The largest absolute Gasteiger partial charge is 0.384 e. The van der Waals surface area contributed by atoms with Crippen molar-refractivity contribution in [2.45, 2.75) is 89.9 Å². The Morgan fingerprint density at radius 3 is 1.02 bits per heavy atom. The Bertz CT molecular complexity index is 1760. The molecule has 0 aromatic heterocycles. The zero-order valence-electron chi connectivity index (χ0n) is 31.3. The predicted molar refractivity (Wildman–Crippen MR) is 195 cm³/mol. The Kier molecular flexibility index (Phi) is 14.4. The molecule has 10 heteroatoms. The first-order valence-corrected chi connectivity index (χ1v) is 18.8. The van der Waals surface area contributed by atoms with Gasteiger partial charge in [-0.3, -0.25) is 0 Å². The fourth-order valence-electron chi connectivity index (χ4n) is 7.72. The van der Waals surface area contributed by atoms with Crippen LogP contribution in [0.25, 0.3) is 22.3 Å². The van der Waals surface area contributed by atoms with Gasteiger partial charge in [-0.25, -0.2) is 35.1 Å². The maximum absolute atomic E-state index is 14.7. The van der Waals surface area contributed by atoms with Gasteiger partial charge in [0.05, 0.1) is 13.2 Å². The van der Waals surface area contributed by atoms with Gasteiger partial charge in [0.25, 0.3) is 0 Å². The van der Waals surface area contributed by atoms with Gasteiger partial charge in [-0.05, 0) is 84.5 Å². The lowest BCUT2D eigenvalue weighted by Crippen LogP contribution is -2.13. The summed E-state index contributed by atoms with van der Waals surface area (Å²) in [6.45, 7) is 4.80. The third-order valence-electron chi connectivity index (χ3n) is 11.2. The molecule has 0 unspecified atom stereocenters. The molecule has 2 nitrogen and oxygen atoms in total. The molecule has 0 spiro atoms. The summed E-state index contributed by atoms with van der Waals surface area (Å²) in [5.74, 6) is -7.41. The summed E-state index contributed by atoms with van der Waals surface area (Å²) < 4.78 is 126. The Labute approximate surface area is 312 Å². The summed E-state index contributed by atoms with van der Waals surface area (Å²) in [6, 6.07) is 11.1. The number of hydrogen-bond acceptors (Lipinski definition) is 2. The minimum Gasteiger partial charge on any atom is -0.384 e. The topological polar surface area (TPSA) is 18.5 Å². The quantitative estimate of drug-likeness (QED) is 0.150. The zero-order valence-corrected chi connectivity index (χ0v) is 31.3. The first-order chi connectivity index (χ1) is 25.9. The van der Waals surface area contributed by atoms with Crippen LogP contribution in [0.15, 0.2) is 48.5 Å². The number of rotatable bonds is 10. The van der Waals surface area contributed by atoms with E-state index in [0.29, 0.717) is 23.0 Å². The average molecular weight is 761 g/mol. The minimum atomic E-state index is -1.17. The Balaban J connectivity index is 0.000000208. The van der Waals surface area contributed by atoms with Crippen molar-refractivity contribution in [2.24, 2.45) is 11.8 Å². The molecule has 2 aliphatic carbocycles. The van der Waals surface area contributed by atoms with Crippen LogP contribution in [0, 0.1) is 58.4 Å². The van der Waals surface area contributed by atoms with E-state index < -0.39 is 46.5 Å². The summed E-state index contributed by atoms with van der Waals surface area (Å²) in [5.41, 5.74) is -0.0895. The molecule has 4 aromatic rings. The molecule has 0 aliphatic heterocycles. The van der Waals surface area contributed by atoms with Crippen LogP contribution in [0.1, 0.15) is 99.3 Å². The van der Waals surface area contributed by atoms with Crippen LogP contribution in [-0.4, -0.2) is 27.4 Å². The van der Waals surface area contributed by atoms with Gasteiger partial charge >= 0.3 is 0 Å². The number of benzene rings is 4. The van der Waals surface area contributed by atoms with E-state index in [1.54, 1.807) is 0 Å². The van der Waals surface area contributed by atoms with E-state index in [-0.39, 0.29) is 71.3 Å². The highest BCUT2D eigenvalue weighted by atomic mass is 19.2. The summed E-state index contributed by atoms with van der Waals surface area (Å²) in [7, 11) is 2.94. The Hall–Kier alpha value is -3.76. The molecule has 2 saturated carbocycles. The summed E-state index contributed by atoms with van der Waals surface area (Å²) in [4.78, 5) is 0. The highest BCUT2D eigenvalue weighted by molar-refractivity contribution is 5.67. The van der Waals surface area contributed by atoms with Crippen LogP contribution in [-0.2, 0) is 22.3 Å². The van der Waals surface area contributed by atoms with Crippen LogP contribution < -0.4 is 0 Å². The van der Waals surface area contributed by atoms with Gasteiger partial charge in [-0.1, -0.05) is 88.1 Å². The highest BCUT2D eigenvalue weighted by Crippen LogP contribution is 2.41. The Morgan fingerprint density at radius 2 is 0.704 bits per heavy atom. The lowest BCUT2D eigenvalue weighted by Gasteiger charge is -2.27. The molecule has 2 aliphatic rings. The van der Waals surface area contributed by atoms with E-state index >= 15 is 0 Å². The third kappa shape index (κ3) is 9.19. The molecule has 2 fully saturated rings. The maximum Gasteiger partial charge on any atom is 0.167 e. The van der Waals surface area contributed by atoms with E-state index in [2.05, 4.69) is 13.8 Å². The zero-order chi connectivity index (χ0) is 39.1. The minimum absolute atomic E-state index is 0.0252. The molecule has 0 radical (unpaired) electrons. The standard InChI is InChI=1S/2C22H24F4O/c2*1-13-3-5-14(6-4-13)16-9-10-18(22(26)20(16)24)17-8-7-15(11-12-27-2)19(23)21(17)25/h2*7-10,13-14H,3-6,11-12H2,1-2H3. The normalized spacial score (nSPS) is 20.1. The fourth-order valence-corrected chi connectivity index (χ4v) is 7.72. The molecular weight excluding hydrogens is 712 g/mol. The van der Waals surface area contributed by atoms with Crippen molar-refractivity contribution in [3.63, 3.8) is 0 Å². The van der Waals surface area contributed by atoms with Crippen molar-refractivity contribution in [2.75, 3.05) is 27.4 Å². The van der Waals surface area contributed by atoms with Crippen LogP contribution >= 0.6 is 0 Å². The Morgan fingerprint density at radius 1 is 0.407 bits per heavy atom. The van der Waals surface area contributed by atoms with Crippen molar-refractivity contribution in [3.8, 4) is 22.3 Å². The van der Waals surface area contributed by atoms with Crippen LogP contribution in [0.3, 0.4) is 0 Å². The second-order valence-corrected chi connectivity index (χ2v) is 14.9. The first-order valence-electron chi connectivity index (χ1n) is 18.8. The molecular formula is C44H48F8O2. The van der Waals surface area contributed by atoms with Crippen molar-refractivity contribution >= 4 is 0 Å². The van der Waals surface area contributed by atoms with E-state index in [0.717, 1.165) is 51.4 Å². The van der Waals surface area contributed by atoms with Gasteiger partial charge in [0.15, 0.2) is 46.5 Å². The van der Waals surface area contributed by atoms with Gasteiger partial charge in [0.1, 0.15) is 0 Å². The van der Waals surface area contributed by atoms with Crippen LogP contribution in [0.4, 0.5) is 35.1 Å². The molecule has 6 rings (SSSR count). The van der Waals surface area contributed by atoms with Crippen molar-refractivity contribution < 1.29 is 44.6 Å². The summed E-state index contributed by atoms with van der Waals surface area (Å²) in [6.07, 6.45) is 7.59. The lowest BCUT2D eigenvalue weighted by atomic mass is 9.79. The molecule has 4 aromatic carbocycles. The van der Waals surface area contributed by atoms with E-state index in [1.165, 1.54) is 62.8 Å². The number of halogens is 8. The van der Waals surface area contributed by atoms with Crippen LogP contribution in [0.5, 0.6) is 0 Å². The van der Waals surface area contributed by atoms with Crippen molar-refractivity contribution in [1.29, 1.82) is 0 Å². The van der Waals surface area contributed by atoms with E-state index in [4.69, 9.17) is 9.47 Å². The molecule has 54 heavy (non-hydrogen) atoms.